The zero-order valence-electron chi connectivity index (χ0n) is 11.4. The molecule has 3 rings (SSSR count). The molecule has 0 bridgehead atoms. The van der Waals surface area contributed by atoms with Gasteiger partial charge in [0, 0.05) is 24.0 Å². The van der Waals surface area contributed by atoms with Crippen LogP contribution in [0.4, 0.5) is 0 Å². The first-order valence-corrected chi connectivity index (χ1v) is 6.50. The lowest BCUT2D eigenvalue weighted by molar-refractivity contribution is -0.0671. The van der Waals surface area contributed by atoms with Crippen LogP contribution in [0.25, 0.3) is 0 Å². The monoisotopic (exact) mass is 272 g/mol. The van der Waals surface area contributed by atoms with Crippen LogP contribution < -0.4 is 10.3 Å². The van der Waals surface area contributed by atoms with Gasteiger partial charge in [0.1, 0.15) is 11.7 Å². The first-order valence-electron chi connectivity index (χ1n) is 6.50. The van der Waals surface area contributed by atoms with Crippen LogP contribution in [0.1, 0.15) is 25.5 Å². The lowest BCUT2D eigenvalue weighted by atomic mass is 9.87. The van der Waals surface area contributed by atoms with E-state index in [4.69, 9.17) is 4.74 Å². The molecule has 5 nitrogen and oxygen atoms in total. The number of hydrogen-bond acceptors (Lipinski definition) is 4. The largest absolute Gasteiger partial charge is 0.469 e. The van der Waals surface area contributed by atoms with Crippen molar-refractivity contribution >= 4 is 0 Å². The summed E-state index contributed by atoms with van der Waals surface area (Å²) in [6.45, 7) is 3.58. The zero-order valence-corrected chi connectivity index (χ0v) is 11.4. The van der Waals surface area contributed by atoms with Crippen LogP contribution in [-0.4, -0.2) is 26.4 Å². The van der Waals surface area contributed by atoms with E-state index >= 15 is 0 Å². The lowest BCUT2D eigenvalue weighted by Crippen LogP contribution is -2.52. The Morgan fingerprint density at radius 3 is 2.85 bits per heavy atom. The van der Waals surface area contributed by atoms with Crippen molar-refractivity contribution < 1.29 is 9.84 Å². The van der Waals surface area contributed by atoms with E-state index in [2.05, 4.69) is 4.98 Å². The van der Waals surface area contributed by atoms with Crippen LogP contribution in [0.3, 0.4) is 0 Å². The minimum Gasteiger partial charge on any atom is -0.469 e. The Kier molecular flexibility index (Phi) is 2.87. The molecular weight excluding hydrogens is 256 g/mol. The van der Waals surface area contributed by atoms with Crippen LogP contribution in [0.15, 0.2) is 47.5 Å². The van der Waals surface area contributed by atoms with Crippen molar-refractivity contribution in [2.75, 3.05) is 0 Å². The van der Waals surface area contributed by atoms with Gasteiger partial charge in [-0.05, 0) is 32.0 Å². The van der Waals surface area contributed by atoms with Gasteiger partial charge in [-0.2, -0.15) is 0 Å². The van der Waals surface area contributed by atoms with Gasteiger partial charge in [0.2, 0.25) is 5.88 Å². The maximum atomic E-state index is 12.1. The predicted molar refractivity (Wildman–Crippen MR) is 73.8 cm³/mol. The maximum Gasteiger partial charge on any atom is 0.251 e. The first-order chi connectivity index (χ1) is 9.50. The summed E-state index contributed by atoms with van der Waals surface area (Å²) in [4.78, 5) is 16.3. The number of rotatable bonds is 1. The highest BCUT2D eigenvalue weighted by Gasteiger charge is 2.44. The Labute approximate surface area is 116 Å². The van der Waals surface area contributed by atoms with Gasteiger partial charge in [-0.3, -0.25) is 4.79 Å². The Morgan fingerprint density at radius 1 is 1.30 bits per heavy atom. The topological polar surface area (TPSA) is 64.4 Å². The number of aliphatic hydroxyl groups excluding tert-OH is 1. The van der Waals surface area contributed by atoms with Crippen molar-refractivity contribution in [1.29, 1.82) is 0 Å². The summed E-state index contributed by atoms with van der Waals surface area (Å²) in [5, 5.41) is 10.6. The number of ether oxygens (including phenoxy) is 1. The van der Waals surface area contributed by atoms with Gasteiger partial charge < -0.3 is 14.4 Å². The third-order valence-corrected chi connectivity index (χ3v) is 3.64. The lowest BCUT2D eigenvalue weighted by Gasteiger charge is -2.41. The van der Waals surface area contributed by atoms with Crippen molar-refractivity contribution in [2.24, 2.45) is 0 Å². The Balaban J connectivity index is 2.23. The molecule has 5 heteroatoms. The van der Waals surface area contributed by atoms with Gasteiger partial charge in [0.15, 0.2) is 0 Å². The molecule has 0 saturated carbocycles. The molecule has 104 valence electrons. The highest BCUT2D eigenvalue weighted by Crippen LogP contribution is 2.39. The van der Waals surface area contributed by atoms with Crippen LogP contribution in [0.2, 0.25) is 0 Å². The fraction of sp³-hybridized carbons (Fsp3) is 0.333. The SMILES string of the molecule is CC1(C)Oc2ncccc2C(n2ccccc2=O)C1O. The summed E-state index contributed by atoms with van der Waals surface area (Å²) in [5.41, 5.74) is -0.266. The zero-order chi connectivity index (χ0) is 14.3. The van der Waals surface area contributed by atoms with Gasteiger partial charge in [-0.15, -0.1) is 0 Å². The summed E-state index contributed by atoms with van der Waals surface area (Å²) in [5.74, 6) is 0.462. The summed E-state index contributed by atoms with van der Waals surface area (Å²) in [7, 11) is 0. The van der Waals surface area contributed by atoms with Gasteiger partial charge >= 0.3 is 0 Å². The van der Waals surface area contributed by atoms with E-state index in [-0.39, 0.29) is 5.56 Å². The fourth-order valence-electron chi connectivity index (χ4n) is 2.55. The van der Waals surface area contributed by atoms with E-state index < -0.39 is 17.7 Å². The van der Waals surface area contributed by atoms with Gasteiger partial charge in [0.05, 0.1) is 6.04 Å². The molecule has 0 fully saturated rings. The molecule has 2 aromatic heterocycles. The third kappa shape index (κ3) is 1.91. The van der Waals surface area contributed by atoms with E-state index in [1.54, 1.807) is 44.4 Å². The van der Waals surface area contributed by atoms with Crippen molar-refractivity contribution in [2.45, 2.75) is 31.6 Å². The molecule has 0 amide bonds. The predicted octanol–water partition coefficient (Wildman–Crippen LogP) is 1.36. The molecule has 3 heterocycles. The molecule has 20 heavy (non-hydrogen) atoms. The van der Waals surface area contributed by atoms with Crippen molar-refractivity contribution in [3.05, 3.63) is 58.6 Å². The van der Waals surface area contributed by atoms with Crippen LogP contribution in [0.5, 0.6) is 5.88 Å². The molecule has 1 aliphatic rings. The molecule has 0 spiro atoms. The Hall–Kier alpha value is -2.14. The molecule has 1 N–H and O–H groups in total. The minimum atomic E-state index is -0.848. The Bertz CT molecular complexity index is 693. The van der Waals surface area contributed by atoms with Crippen LogP contribution >= 0.6 is 0 Å². The smallest absolute Gasteiger partial charge is 0.251 e. The number of pyridine rings is 2. The molecule has 2 unspecified atom stereocenters. The molecule has 0 radical (unpaired) electrons. The standard InChI is InChI=1S/C15H16N2O3/c1-15(2)13(19)12(17-9-4-3-7-11(17)18)10-6-5-8-16-14(10)20-15/h3-9,12-13,19H,1-2H3. The summed E-state index contributed by atoms with van der Waals surface area (Å²) < 4.78 is 7.27. The number of aliphatic hydroxyl groups is 1. The molecule has 2 atom stereocenters. The third-order valence-electron chi connectivity index (χ3n) is 3.64. The highest BCUT2D eigenvalue weighted by molar-refractivity contribution is 5.35. The normalized spacial score (nSPS) is 23.8. The van der Waals surface area contributed by atoms with Crippen molar-refractivity contribution in [3.63, 3.8) is 0 Å². The fourth-order valence-corrected chi connectivity index (χ4v) is 2.55. The molecule has 1 aliphatic heterocycles. The van der Waals surface area contributed by atoms with E-state index in [9.17, 15) is 9.90 Å². The van der Waals surface area contributed by atoms with Crippen molar-refractivity contribution in [1.82, 2.24) is 9.55 Å². The molecular formula is C15H16N2O3. The van der Waals surface area contributed by atoms with E-state index in [0.717, 1.165) is 0 Å². The number of aromatic nitrogens is 2. The Morgan fingerprint density at radius 2 is 2.10 bits per heavy atom. The van der Waals surface area contributed by atoms with Crippen LogP contribution in [-0.2, 0) is 0 Å². The minimum absolute atomic E-state index is 0.163. The van der Waals surface area contributed by atoms with Crippen molar-refractivity contribution in [3.8, 4) is 5.88 Å². The molecule has 2 aromatic rings. The summed E-state index contributed by atoms with van der Waals surface area (Å²) >= 11 is 0. The summed E-state index contributed by atoms with van der Waals surface area (Å²) in [6.07, 6.45) is 2.46. The maximum absolute atomic E-state index is 12.1. The number of hydrogen-bond donors (Lipinski definition) is 1. The van der Waals surface area contributed by atoms with Gasteiger partial charge in [0.25, 0.3) is 5.56 Å². The van der Waals surface area contributed by atoms with Gasteiger partial charge in [-0.25, -0.2) is 4.98 Å². The van der Waals surface area contributed by atoms with E-state index in [1.165, 1.54) is 10.6 Å². The quantitative estimate of drug-likeness (QED) is 0.851. The van der Waals surface area contributed by atoms with E-state index in [1.807, 2.05) is 6.07 Å². The number of nitrogens with zero attached hydrogens (tertiary/aromatic N) is 2. The molecule has 0 saturated heterocycles. The van der Waals surface area contributed by atoms with Crippen LogP contribution in [0, 0.1) is 0 Å². The average Bonchev–Trinajstić information content (AvgIpc) is 2.41. The second kappa shape index (κ2) is 4.45. The molecule has 0 aromatic carbocycles. The molecule has 0 aliphatic carbocycles. The average molecular weight is 272 g/mol. The van der Waals surface area contributed by atoms with Gasteiger partial charge in [-0.1, -0.05) is 6.07 Å². The second-order valence-electron chi connectivity index (χ2n) is 5.44. The highest BCUT2D eigenvalue weighted by atomic mass is 16.5. The first kappa shape index (κ1) is 12.9. The van der Waals surface area contributed by atoms with E-state index in [0.29, 0.717) is 11.4 Å². The summed E-state index contributed by atoms with van der Waals surface area (Å²) in [6, 6.07) is 8.02. The second-order valence-corrected chi connectivity index (χ2v) is 5.44. The number of fused-ring (bicyclic) bond motifs is 1.